The molecule has 1 fully saturated rings. The van der Waals surface area contributed by atoms with E-state index in [-0.39, 0.29) is 0 Å². The Morgan fingerprint density at radius 1 is 1.00 bits per heavy atom. The van der Waals surface area contributed by atoms with Crippen LogP contribution in [-0.2, 0) is 0 Å². The lowest BCUT2D eigenvalue weighted by Gasteiger charge is -2.33. The zero-order valence-corrected chi connectivity index (χ0v) is 11.1. The molecule has 1 heterocycles. The molecule has 2 nitrogen and oxygen atoms in total. The van der Waals surface area contributed by atoms with Crippen LogP contribution in [0.4, 0.5) is 0 Å². The number of rotatable bonds is 4. The van der Waals surface area contributed by atoms with Crippen molar-refractivity contribution in [1.82, 2.24) is 9.80 Å². The van der Waals surface area contributed by atoms with Crippen LogP contribution in [0.3, 0.4) is 0 Å². The summed E-state index contributed by atoms with van der Waals surface area (Å²) in [6.45, 7) is 13.8. The van der Waals surface area contributed by atoms with Gasteiger partial charge in [0.25, 0.3) is 0 Å². The van der Waals surface area contributed by atoms with Crippen LogP contribution in [0, 0.1) is 0 Å². The first-order valence-electron chi connectivity index (χ1n) is 5.80. The van der Waals surface area contributed by atoms with Crippen LogP contribution in [0.5, 0.6) is 0 Å². The Hall–Kier alpha value is 0.270. The van der Waals surface area contributed by atoms with Gasteiger partial charge in [0.05, 0.1) is 0 Å². The maximum atomic E-state index is 2.57. The zero-order valence-electron chi connectivity index (χ0n) is 10.3. The predicted molar refractivity (Wildman–Crippen MR) is 68.3 cm³/mol. The number of thioether (sulfide) groups is 1. The Labute approximate surface area is 94.0 Å². The van der Waals surface area contributed by atoms with Crippen molar-refractivity contribution in [2.45, 2.75) is 20.8 Å². The molecule has 0 aliphatic carbocycles. The van der Waals surface area contributed by atoms with E-state index in [2.05, 4.69) is 23.0 Å². The fraction of sp³-hybridized carbons (Fsp3) is 1.00. The molecule has 0 saturated carbocycles. The van der Waals surface area contributed by atoms with E-state index in [1.54, 1.807) is 0 Å². The van der Waals surface area contributed by atoms with Crippen LogP contribution in [0.2, 0.25) is 0 Å². The molecule has 1 aliphatic heterocycles. The monoisotopic (exact) mass is 218 g/mol. The summed E-state index contributed by atoms with van der Waals surface area (Å²) in [5.74, 6) is 1.28. The molecule has 0 N–H and O–H groups in total. The van der Waals surface area contributed by atoms with Gasteiger partial charge < -0.3 is 4.90 Å². The van der Waals surface area contributed by atoms with Crippen LogP contribution >= 0.6 is 11.8 Å². The van der Waals surface area contributed by atoms with Crippen LogP contribution < -0.4 is 0 Å². The fourth-order valence-electron chi connectivity index (χ4n) is 1.55. The van der Waals surface area contributed by atoms with Gasteiger partial charge in [-0.05, 0) is 12.8 Å². The first-order valence-corrected chi connectivity index (χ1v) is 7.20. The molecular formula is C11H26N2S. The van der Waals surface area contributed by atoms with Gasteiger partial charge in [0.15, 0.2) is 0 Å². The van der Waals surface area contributed by atoms with E-state index in [1.165, 1.54) is 45.0 Å². The predicted octanol–water partition coefficient (Wildman–Crippen LogP) is 2.01. The second kappa shape index (κ2) is 9.81. The molecule has 0 atom stereocenters. The Kier molecular flexibility index (Phi) is 10.0. The minimum Gasteiger partial charge on any atom is -0.301 e. The van der Waals surface area contributed by atoms with Crippen molar-refractivity contribution < 1.29 is 0 Å². The van der Waals surface area contributed by atoms with Crippen LogP contribution in [0.15, 0.2) is 0 Å². The van der Waals surface area contributed by atoms with Crippen molar-refractivity contribution in [2.75, 3.05) is 51.3 Å². The number of hydrogen-bond donors (Lipinski definition) is 0. The lowest BCUT2D eigenvalue weighted by atomic mass is 10.3. The van der Waals surface area contributed by atoms with Crippen molar-refractivity contribution in [1.29, 1.82) is 0 Å². The van der Waals surface area contributed by atoms with E-state index in [4.69, 9.17) is 0 Å². The van der Waals surface area contributed by atoms with E-state index in [0.717, 1.165) is 0 Å². The normalized spacial score (nSPS) is 18.9. The van der Waals surface area contributed by atoms with Gasteiger partial charge in [-0.2, -0.15) is 11.8 Å². The molecule has 1 rings (SSSR count). The van der Waals surface area contributed by atoms with Gasteiger partial charge in [0.2, 0.25) is 0 Å². The van der Waals surface area contributed by atoms with Crippen molar-refractivity contribution in [2.24, 2.45) is 0 Å². The Morgan fingerprint density at radius 2 is 1.50 bits per heavy atom. The third kappa shape index (κ3) is 5.89. The summed E-state index contributed by atoms with van der Waals surface area (Å²) in [6, 6.07) is 0. The third-order valence-corrected chi connectivity index (χ3v) is 3.11. The van der Waals surface area contributed by atoms with Crippen LogP contribution in [0.1, 0.15) is 20.8 Å². The topological polar surface area (TPSA) is 6.48 Å². The first-order chi connectivity index (χ1) is 6.86. The summed E-state index contributed by atoms with van der Waals surface area (Å²) < 4.78 is 0. The van der Waals surface area contributed by atoms with Gasteiger partial charge in [-0.1, -0.05) is 20.8 Å². The fourth-order valence-corrected chi connectivity index (χ4v) is 1.99. The van der Waals surface area contributed by atoms with Crippen molar-refractivity contribution in [3.05, 3.63) is 0 Å². The average molecular weight is 218 g/mol. The maximum absolute atomic E-state index is 2.57. The van der Waals surface area contributed by atoms with Gasteiger partial charge >= 0.3 is 0 Å². The molecule has 0 unspecified atom stereocenters. The van der Waals surface area contributed by atoms with E-state index in [1.807, 2.05) is 25.6 Å². The number of piperazine rings is 1. The average Bonchev–Trinajstić information content (AvgIpc) is 2.30. The second-order valence-corrected chi connectivity index (χ2v) is 4.25. The highest BCUT2D eigenvalue weighted by molar-refractivity contribution is 7.98. The summed E-state index contributed by atoms with van der Waals surface area (Å²) in [7, 11) is 0. The highest BCUT2D eigenvalue weighted by Crippen LogP contribution is 2.02. The van der Waals surface area contributed by atoms with Crippen molar-refractivity contribution >= 4 is 11.8 Å². The molecule has 0 spiro atoms. The van der Waals surface area contributed by atoms with Crippen LogP contribution in [-0.4, -0.2) is 61.1 Å². The molecule has 1 aliphatic rings. The van der Waals surface area contributed by atoms with Crippen LogP contribution in [0.25, 0.3) is 0 Å². The quantitative estimate of drug-likeness (QED) is 0.713. The molecule has 0 amide bonds. The molecule has 3 heteroatoms. The van der Waals surface area contributed by atoms with E-state index in [9.17, 15) is 0 Å². The number of hydrogen-bond acceptors (Lipinski definition) is 3. The summed E-state index contributed by atoms with van der Waals surface area (Å²) in [6.07, 6.45) is 2.18. The van der Waals surface area contributed by atoms with Gasteiger partial charge in [0.1, 0.15) is 0 Å². The van der Waals surface area contributed by atoms with Gasteiger partial charge in [-0.3, -0.25) is 4.90 Å². The molecule has 1 saturated heterocycles. The minimum atomic E-state index is 1.22. The number of nitrogens with zero attached hydrogens (tertiary/aromatic N) is 2. The molecular weight excluding hydrogens is 192 g/mol. The smallest absolute Gasteiger partial charge is 0.0110 e. The summed E-state index contributed by atoms with van der Waals surface area (Å²) in [5.41, 5.74) is 0. The summed E-state index contributed by atoms with van der Waals surface area (Å²) in [5, 5.41) is 0. The highest BCUT2D eigenvalue weighted by atomic mass is 32.2. The SMILES string of the molecule is CC.CCN1CCN(CCSC)CC1. The van der Waals surface area contributed by atoms with Gasteiger partial charge in [-0.25, -0.2) is 0 Å². The standard InChI is InChI=1S/C9H20N2S.C2H6/c1-3-10-4-6-11(7-5-10)8-9-12-2;1-2/h3-9H2,1-2H3;1-2H3. The molecule has 0 bridgehead atoms. The Morgan fingerprint density at radius 3 is 1.93 bits per heavy atom. The lowest BCUT2D eigenvalue weighted by molar-refractivity contribution is 0.143. The minimum absolute atomic E-state index is 1.22. The van der Waals surface area contributed by atoms with Gasteiger partial charge in [-0.15, -0.1) is 0 Å². The zero-order chi connectivity index (χ0) is 10.8. The summed E-state index contributed by atoms with van der Waals surface area (Å²) in [4.78, 5) is 5.10. The first kappa shape index (κ1) is 14.3. The van der Waals surface area contributed by atoms with Crippen molar-refractivity contribution in [3.8, 4) is 0 Å². The number of likely N-dealkylation sites (N-methyl/N-ethyl adjacent to an activating group) is 1. The third-order valence-electron chi connectivity index (χ3n) is 2.52. The van der Waals surface area contributed by atoms with Gasteiger partial charge in [0, 0.05) is 38.5 Å². The molecule has 0 aromatic rings. The molecule has 0 aromatic carbocycles. The van der Waals surface area contributed by atoms with Crippen molar-refractivity contribution in [3.63, 3.8) is 0 Å². The summed E-state index contributed by atoms with van der Waals surface area (Å²) >= 11 is 1.95. The molecule has 86 valence electrons. The maximum Gasteiger partial charge on any atom is 0.0110 e. The highest BCUT2D eigenvalue weighted by Gasteiger charge is 2.13. The molecule has 0 radical (unpaired) electrons. The largest absolute Gasteiger partial charge is 0.301 e. The Balaban J connectivity index is 0.000000791. The van der Waals surface area contributed by atoms with E-state index < -0.39 is 0 Å². The van der Waals surface area contributed by atoms with E-state index in [0.29, 0.717) is 0 Å². The van der Waals surface area contributed by atoms with E-state index >= 15 is 0 Å². The molecule has 14 heavy (non-hydrogen) atoms. The lowest BCUT2D eigenvalue weighted by Crippen LogP contribution is -2.46. The second-order valence-electron chi connectivity index (χ2n) is 3.27. The molecule has 0 aromatic heterocycles. The Bertz CT molecular complexity index is 112.